The van der Waals surface area contributed by atoms with Crippen molar-refractivity contribution in [3.8, 4) is 22.8 Å². The summed E-state index contributed by atoms with van der Waals surface area (Å²) in [5.41, 5.74) is -0.228. The van der Waals surface area contributed by atoms with Crippen molar-refractivity contribution in [3.05, 3.63) is 39.6 Å². The van der Waals surface area contributed by atoms with Gasteiger partial charge in [-0.15, -0.1) is 5.10 Å². The molecule has 118 valence electrons. The van der Waals surface area contributed by atoms with Gasteiger partial charge in [0.05, 0.1) is 17.7 Å². The monoisotopic (exact) mass is 322 g/mol. The quantitative estimate of drug-likeness (QED) is 0.940. The van der Waals surface area contributed by atoms with Crippen molar-refractivity contribution < 1.29 is 9.84 Å². The van der Waals surface area contributed by atoms with E-state index in [0.717, 1.165) is 0 Å². The number of rotatable bonds is 3. The van der Waals surface area contributed by atoms with Crippen LogP contribution < -0.4 is 10.3 Å². The fourth-order valence-corrected chi connectivity index (χ4v) is 2.35. The van der Waals surface area contributed by atoms with E-state index in [-0.39, 0.29) is 16.7 Å². The average Bonchev–Trinajstić information content (AvgIpc) is 2.43. The van der Waals surface area contributed by atoms with E-state index in [0.29, 0.717) is 17.7 Å². The number of para-hydroxylation sites is 1. The summed E-state index contributed by atoms with van der Waals surface area (Å²) in [6.07, 6.45) is 0. The van der Waals surface area contributed by atoms with Gasteiger partial charge in [-0.05, 0) is 33.8 Å². The summed E-state index contributed by atoms with van der Waals surface area (Å²) in [4.78, 5) is 12.5. The van der Waals surface area contributed by atoms with Crippen molar-refractivity contribution in [1.29, 1.82) is 0 Å². The standard InChI is InChI=1S/C16H19ClN2O3/c1-5-22-14-12(10-8-6-7-9-11(10)20)13(17)15(21)19(18-14)16(2,3)4/h6-9,20H,5H2,1-4H3. The fourth-order valence-electron chi connectivity index (χ4n) is 2.09. The maximum Gasteiger partial charge on any atom is 0.286 e. The number of aromatic hydroxyl groups is 1. The molecular formula is C16H19ClN2O3. The van der Waals surface area contributed by atoms with Gasteiger partial charge in [-0.3, -0.25) is 4.79 Å². The number of nitrogens with zero attached hydrogens (tertiary/aromatic N) is 2. The first-order valence-corrected chi connectivity index (χ1v) is 7.39. The number of phenolic OH excluding ortho intramolecular Hbond substituents is 1. The zero-order valence-corrected chi connectivity index (χ0v) is 13.8. The van der Waals surface area contributed by atoms with Gasteiger partial charge < -0.3 is 9.84 Å². The molecule has 0 aliphatic heterocycles. The molecule has 0 aliphatic rings. The highest BCUT2D eigenvalue weighted by Gasteiger charge is 2.25. The number of benzene rings is 1. The van der Waals surface area contributed by atoms with Gasteiger partial charge >= 0.3 is 0 Å². The minimum absolute atomic E-state index is 0.0139. The number of hydrogen-bond acceptors (Lipinski definition) is 4. The van der Waals surface area contributed by atoms with Crippen LogP contribution in [0.3, 0.4) is 0 Å². The zero-order chi connectivity index (χ0) is 16.5. The van der Waals surface area contributed by atoms with Crippen molar-refractivity contribution in [2.45, 2.75) is 33.2 Å². The highest BCUT2D eigenvalue weighted by molar-refractivity contribution is 6.33. The second-order valence-electron chi connectivity index (χ2n) is 5.83. The van der Waals surface area contributed by atoms with E-state index in [4.69, 9.17) is 16.3 Å². The van der Waals surface area contributed by atoms with Crippen LogP contribution in [0, 0.1) is 0 Å². The van der Waals surface area contributed by atoms with Crippen LogP contribution in [-0.4, -0.2) is 21.5 Å². The summed E-state index contributed by atoms with van der Waals surface area (Å²) in [5.74, 6) is 0.239. The molecule has 1 aromatic carbocycles. The molecule has 0 unspecified atom stereocenters. The van der Waals surface area contributed by atoms with Gasteiger partial charge in [0.2, 0.25) is 5.88 Å². The van der Waals surface area contributed by atoms with Crippen LogP contribution in [0.15, 0.2) is 29.1 Å². The number of ether oxygens (including phenoxy) is 1. The van der Waals surface area contributed by atoms with E-state index in [1.807, 2.05) is 27.7 Å². The highest BCUT2D eigenvalue weighted by atomic mass is 35.5. The normalized spacial score (nSPS) is 11.5. The van der Waals surface area contributed by atoms with E-state index >= 15 is 0 Å². The van der Waals surface area contributed by atoms with E-state index in [9.17, 15) is 9.90 Å². The largest absolute Gasteiger partial charge is 0.507 e. The molecule has 1 heterocycles. The molecule has 0 bridgehead atoms. The van der Waals surface area contributed by atoms with Crippen LogP contribution in [0.1, 0.15) is 27.7 Å². The molecule has 0 saturated carbocycles. The summed E-state index contributed by atoms with van der Waals surface area (Å²) in [6, 6.07) is 6.63. The number of aromatic nitrogens is 2. The van der Waals surface area contributed by atoms with Crippen molar-refractivity contribution in [3.63, 3.8) is 0 Å². The molecule has 1 N–H and O–H groups in total. The third-order valence-corrected chi connectivity index (χ3v) is 3.44. The van der Waals surface area contributed by atoms with Crippen molar-refractivity contribution in [1.82, 2.24) is 9.78 Å². The first kappa shape index (κ1) is 16.4. The summed E-state index contributed by atoms with van der Waals surface area (Å²) >= 11 is 6.29. The summed E-state index contributed by atoms with van der Waals surface area (Å²) < 4.78 is 6.85. The Hall–Kier alpha value is -2.01. The summed E-state index contributed by atoms with van der Waals surface area (Å²) in [5, 5.41) is 14.3. The number of halogens is 1. The van der Waals surface area contributed by atoms with Crippen molar-refractivity contribution >= 4 is 11.6 Å². The fraction of sp³-hybridized carbons (Fsp3) is 0.375. The molecule has 6 heteroatoms. The van der Waals surface area contributed by atoms with Crippen molar-refractivity contribution in [2.75, 3.05) is 6.61 Å². The SMILES string of the molecule is CCOc1nn(C(C)(C)C)c(=O)c(Cl)c1-c1ccccc1O. The van der Waals surface area contributed by atoms with Crippen LogP contribution in [0.5, 0.6) is 11.6 Å². The Morgan fingerprint density at radius 1 is 1.32 bits per heavy atom. The molecule has 2 rings (SSSR count). The number of hydrogen-bond donors (Lipinski definition) is 1. The summed E-state index contributed by atoms with van der Waals surface area (Å²) in [6.45, 7) is 7.75. The van der Waals surface area contributed by atoms with Crippen LogP contribution in [0.4, 0.5) is 0 Å². The molecule has 0 saturated heterocycles. The maximum atomic E-state index is 12.5. The average molecular weight is 323 g/mol. The summed E-state index contributed by atoms with van der Waals surface area (Å²) in [7, 11) is 0. The van der Waals surface area contributed by atoms with Gasteiger partial charge in [0.1, 0.15) is 10.8 Å². The van der Waals surface area contributed by atoms with E-state index in [1.54, 1.807) is 18.2 Å². The molecule has 0 radical (unpaired) electrons. The Kier molecular flexibility index (Phi) is 4.47. The molecule has 1 aromatic heterocycles. The second kappa shape index (κ2) is 6.01. The number of phenols is 1. The molecular weight excluding hydrogens is 304 g/mol. The molecule has 5 nitrogen and oxygen atoms in total. The predicted octanol–water partition coefficient (Wildman–Crippen LogP) is 3.42. The minimum atomic E-state index is -0.538. The first-order valence-electron chi connectivity index (χ1n) is 7.01. The zero-order valence-electron chi connectivity index (χ0n) is 13.1. The Morgan fingerprint density at radius 2 is 1.95 bits per heavy atom. The van der Waals surface area contributed by atoms with Gasteiger partial charge in [-0.1, -0.05) is 29.8 Å². The third kappa shape index (κ3) is 2.95. The Balaban J connectivity index is 2.82. The van der Waals surface area contributed by atoms with Gasteiger partial charge in [0, 0.05) is 5.56 Å². The molecule has 0 aliphatic carbocycles. The molecule has 0 amide bonds. The van der Waals surface area contributed by atoms with Gasteiger partial charge in [0.15, 0.2) is 0 Å². The molecule has 0 fully saturated rings. The predicted molar refractivity (Wildman–Crippen MR) is 86.8 cm³/mol. The minimum Gasteiger partial charge on any atom is -0.507 e. The van der Waals surface area contributed by atoms with Gasteiger partial charge in [-0.25, -0.2) is 4.68 Å². The molecule has 22 heavy (non-hydrogen) atoms. The molecule has 0 spiro atoms. The van der Waals surface area contributed by atoms with E-state index in [2.05, 4.69) is 5.10 Å². The van der Waals surface area contributed by atoms with Crippen LogP contribution in [0.25, 0.3) is 11.1 Å². The highest BCUT2D eigenvalue weighted by Crippen LogP contribution is 2.38. The van der Waals surface area contributed by atoms with Crippen molar-refractivity contribution in [2.24, 2.45) is 0 Å². The first-order chi connectivity index (χ1) is 10.3. The Bertz CT molecular complexity index is 748. The molecule has 0 atom stereocenters. The molecule has 2 aromatic rings. The Labute approximate surface area is 134 Å². The second-order valence-corrected chi connectivity index (χ2v) is 6.21. The maximum absolute atomic E-state index is 12.5. The lowest BCUT2D eigenvalue weighted by Crippen LogP contribution is -2.36. The Morgan fingerprint density at radius 3 is 2.50 bits per heavy atom. The van der Waals surface area contributed by atoms with Crippen LogP contribution in [-0.2, 0) is 5.54 Å². The van der Waals surface area contributed by atoms with E-state index < -0.39 is 11.1 Å². The lowest BCUT2D eigenvalue weighted by atomic mass is 10.1. The van der Waals surface area contributed by atoms with E-state index in [1.165, 1.54) is 10.7 Å². The lowest BCUT2D eigenvalue weighted by molar-refractivity contribution is 0.282. The lowest BCUT2D eigenvalue weighted by Gasteiger charge is -2.23. The third-order valence-electron chi connectivity index (χ3n) is 3.09. The van der Waals surface area contributed by atoms with Gasteiger partial charge in [-0.2, -0.15) is 0 Å². The van der Waals surface area contributed by atoms with Gasteiger partial charge in [0.25, 0.3) is 5.56 Å². The van der Waals surface area contributed by atoms with Crippen LogP contribution in [0.2, 0.25) is 5.02 Å². The van der Waals surface area contributed by atoms with Crippen LogP contribution >= 0.6 is 11.6 Å². The topological polar surface area (TPSA) is 64.4 Å². The smallest absolute Gasteiger partial charge is 0.286 e.